The van der Waals surface area contributed by atoms with Crippen LogP contribution in [0, 0.1) is 12.3 Å². The Kier molecular flexibility index (Phi) is 4.20. The van der Waals surface area contributed by atoms with Crippen LogP contribution >= 0.6 is 28.6 Å². The average molecular weight is 257 g/mol. The summed E-state index contributed by atoms with van der Waals surface area (Å²) < 4.78 is 6.34. The van der Waals surface area contributed by atoms with Gasteiger partial charge < -0.3 is 4.74 Å². The summed E-state index contributed by atoms with van der Waals surface area (Å²) in [6.07, 6.45) is 5.09. The second-order valence-corrected chi connectivity index (χ2v) is 3.63. The highest BCUT2D eigenvalue weighted by Crippen LogP contribution is 2.24. The number of ether oxygens (including phenoxy) is 1. The van der Waals surface area contributed by atoms with Crippen molar-refractivity contribution in [3.8, 4) is 18.1 Å². The zero-order chi connectivity index (χ0) is 9.68. The fourth-order valence-electron chi connectivity index (χ4n) is 0.932. The molecule has 0 amide bonds. The van der Waals surface area contributed by atoms with E-state index in [9.17, 15) is 0 Å². The molecule has 0 aliphatic carbocycles. The summed E-state index contributed by atoms with van der Waals surface area (Å²) >= 11 is 7.57. The van der Waals surface area contributed by atoms with Gasteiger partial charge in [0.25, 0.3) is 0 Å². The molecule has 0 fully saturated rings. The molecule has 0 aromatic heterocycles. The third-order valence-electron chi connectivity index (χ3n) is 1.50. The third-order valence-corrected chi connectivity index (χ3v) is 2.34. The van der Waals surface area contributed by atoms with Crippen molar-refractivity contribution in [2.45, 2.75) is 5.75 Å². The quantitative estimate of drug-likeness (QED) is 0.647. The fourth-order valence-corrected chi connectivity index (χ4v) is 1.59. The predicted molar refractivity (Wildman–Crippen MR) is 61.2 cm³/mol. The Morgan fingerprint density at radius 2 is 2.31 bits per heavy atom. The summed E-state index contributed by atoms with van der Waals surface area (Å²) in [6.45, 7) is 0.294. The lowest BCUT2D eigenvalue weighted by Crippen LogP contribution is -1.96. The molecule has 1 aromatic rings. The number of halogens is 1. The Morgan fingerprint density at radius 3 is 2.92 bits per heavy atom. The van der Waals surface area contributed by atoms with Gasteiger partial charge in [0.05, 0.1) is 0 Å². The molecular formula is C10H9BrOS. The van der Waals surface area contributed by atoms with E-state index < -0.39 is 0 Å². The number of hydrogen-bond acceptors (Lipinski definition) is 2. The van der Waals surface area contributed by atoms with Gasteiger partial charge in [0.1, 0.15) is 12.4 Å². The largest absolute Gasteiger partial charge is 0.481 e. The first-order valence-corrected chi connectivity index (χ1v) is 5.16. The molecule has 0 radical (unpaired) electrons. The number of thiol groups is 1. The molecule has 13 heavy (non-hydrogen) atoms. The van der Waals surface area contributed by atoms with Crippen molar-refractivity contribution in [3.05, 3.63) is 28.2 Å². The summed E-state index contributed by atoms with van der Waals surface area (Å²) in [6, 6.07) is 5.77. The molecule has 0 unspecified atom stereocenters. The Balaban J connectivity index is 2.87. The third kappa shape index (κ3) is 2.98. The molecule has 1 aromatic carbocycles. The van der Waals surface area contributed by atoms with E-state index in [2.05, 4.69) is 34.5 Å². The van der Waals surface area contributed by atoms with Crippen LogP contribution in [0.5, 0.6) is 5.75 Å². The van der Waals surface area contributed by atoms with Crippen molar-refractivity contribution in [1.29, 1.82) is 0 Å². The standard InChI is InChI=1S/C10H9BrOS/c1-2-5-12-10-4-3-9(11)6-8(10)7-13/h1,3-4,6,13H,5,7H2. The van der Waals surface area contributed by atoms with Gasteiger partial charge in [0.2, 0.25) is 0 Å². The van der Waals surface area contributed by atoms with Gasteiger partial charge in [-0.25, -0.2) is 0 Å². The van der Waals surface area contributed by atoms with Crippen molar-refractivity contribution < 1.29 is 4.74 Å². The van der Waals surface area contributed by atoms with Crippen LogP contribution in [0.25, 0.3) is 0 Å². The molecule has 0 aliphatic rings. The number of hydrogen-bond donors (Lipinski definition) is 1. The molecule has 3 heteroatoms. The molecule has 1 rings (SSSR count). The maximum atomic E-state index is 5.33. The maximum absolute atomic E-state index is 5.33. The molecule has 0 aliphatic heterocycles. The SMILES string of the molecule is C#CCOc1ccc(Br)cc1CS. The number of benzene rings is 1. The molecule has 0 saturated heterocycles. The summed E-state index contributed by atoms with van der Waals surface area (Å²) in [4.78, 5) is 0. The van der Waals surface area contributed by atoms with E-state index in [0.29, 0.717) is 12.4 Å². The molecule has 1 nitrogen and oxygen atoms in total. The van der Waals surface area contributed by atoms with Crippen LogP contribution in [0.3, 0.4) is 0 Å². The number of rotatable bonds is 3. The van der Waals surface area contributed by atoms with E-state index >= 15 is 0 Å². The zero-order valence-corrected chi connectivity index (χ0v) is 9.44. The highest BCUT2D eigenvalue weighted by atomic mass is 79.9. The lowest BCUT2D eigenvalue weighted by Gasteiger charge is -2.07. The van der Waals surface area contributed by atoms with Crippen LogP contribution in [0.4, 0.5) is 0 Å². The monoisotopic (exact) mass is 256 g/mol. The van der Waals surface area contributed by atoms with Gasteiger partial charge in [0.15, 0.2) is 0 Å². The lowest BCUT2D eigenvalue weighted by molar-refractivity contribution is 0.367. The Bertz CT molecular complexity index is 330. The van der Waals surface area contributed by atoms with Crippen LogP contribution in [0.2, 0.25) is 0 Å². The summed E-state index contributed by atoms with van der Waals surface area (Å²) in [5, 5.41) is 0. The Hall–Kier alpha value is -0.590. The molecule has 0 N–H and O–H groups in total. The van der Waals surface area contributed by atoms with Crippen LogP contribution in [-0.4, -0.2) is 6.61 Å². The van der Waals surface area contributed by atoms with Crippen molar-refractivity contribution in [2.24, 2.45) is 0 Å². The summed E-state index contributed by atoms with van der Waals surface area (Å²) in [7, 11) is 0. The minimum absolute atomic E-state index is 0.294. The van der Waals surface area contributed by atoms with Crippen molar-refractivity contribution in [3.63, 3.8) is 0 Å². The van der Waals surface area contributed by atoms with Gasteiger partial charge in [-0.1, -0.05) is 21.9 Å². The molecule has 0 heterocycles. The average Bonchev–Trinajstić information content (AvgIpc) is 2.16. The zero-order valence-electron chi connectivity index (χ0n) is 6.96. The molecule has 68 valence electrons. The normalized spacial score (nSPS) is 9.31. The van der Waals surface area contributed by atoms with Gasteiger partial charge in [-0.2, -0.15) is 12.6 Å². The van der Waals surface area contributed by atoms with E-state index in [1.807, 2.05) is 18.2 Å². The highest BCUT2D eigenvalue weighted by molar-refractivity contribution is 9.10. The van der Waals surface area contributed by atoms with Crippen LogP contribution in [-0.2, 0) is 5.75 Å². The van der Waals surface area contributed by atoms with Crippen LogP contribution in [0.15, 0.2) is 22.7 Å². The van der Waals surface area contributed by atoms with Gasteiger partial charge in [-0.15, -0.1) is 6.42 Å². The van der Waals surface area contributed by atoms with E-state index in [4.69, 9.17) is 11.2 Å². The minimum atomic E-state index is 0.294. The number of terminal acetylenes is 1. The predicted octanol–water partition coefficient (Wildman–Crippen LogP) is 2.89. The van der Waals surface area contributed by atoms with Crippen molar-refractivity contribution in [2.75, 3.05) is 6.61 Å². The Labute approximate surface area is 92.0 Å². The molecule has 0 atom stereocenters. The van der Waals surface area contributed by atoms with Crippen LogP contribution < -0.4 is 4.74 Å². The molecule has 0 spiro atoms. The first kappa shape index (κ1) is 10.5. The van der Waals surface area contributed by atoms with Gasteiger partial charge >= 0.3 is 0 Å². The second kappa shape index (κ2) is 5.21. The highest BCUT2D eigenvalue weighted by Gasteiger charge is 2.01. The van der Waals surface area contributed by atoms with Crippen molar-refractivity contribution >= 4 is 28.6 Å². The second-order valence-electron chi connectivity index (χ2n) is 2.40. The lowest BCUT2D eigenvalue weighted by atomic mass is 10.2. The topological polar surface area (TPSA) is 9.23 Å². The van der Waals surface area contributed by atoms with E-state index in [-0.39, 0.29) is 0 Å². The summed E-state index contributed by atoms with van der Waals surface area (Å²) in [5.41, 5.74) is 1.04. The Morgan fingerprint density at radius 1 is 1.54 bits per heavy atom. The van der Waals surface area contributed by atoms with Gasteiger partial charge in [-0.05, 0) is 18.2 Å². The van der Waals surface area contributed by atoms with Gasteiger partial charge in [-0.3, -0.25) is 0 Å². The minimum Gasteiger partial charge on any atom is -0.481 e. The fraction of sp³-hybridized carbons (Fsp3) is 0.200. The molecule has 0 bridgehead atoms. The van der Waals surface area contributed by atoms with E-state index in [0.717, 1.165) is 15.8 Å². The summed E-state index contributed by atoms with van der Waals surface area (Å²) in [5.74, 6) is 3.86. The van der Waals surface area contributed by atoms with Gasteiger partial charge in [0, 0.05) is 15.8 Å². The smallest absolute Gasteiger partial charge is 0.148 e. The first-order valence-electron chi connectivity index (χ1n) is 3.73. The van der Waals surface area contributed by atoms with E-state index in [1.165, 1.54) is 0 Å². The molecule has 0 saturated carbocycles. The maximum Gasteiger partial charge on any atom is 0.148 e. The van der Waals surface area contributed by atoms with Crippen molar-refractivity contribution in [1.82, 2.24) is 0 Å². The van der Waals surface area contributed by atoms with E-state index in [1.54, 1.807) is 0 Å². The van der Waals surface area contributed by atoms with Crippen LogP contribution in [0.1, 0.15) is 5.56 Å². The first-order chi connectivity index (χ1) is 6.27. The molecular weight excluding hydrogens is 248 g/mol.